The van der Waals surface area contributed by atoms with Crippen LogP contribution in [0.4, 0.5) is 16.6 Å². The molecule has 4 rings (SSSR count). The molecule has 28 heavy (non-hydrogen) atoms. The lowest BCUT2D eigenvalue weighted by molar-refractivity contribution is -0.130. The van der Waals surface area contributed by atoms with E-state index in [1.54, 1.807) is 6.20 Å². The molecule has 7 heteroatoms. The zero-order valence-corrected chi connectivity index (χ0v) is 16.7. The predicted molar refractivity (Wildman–Crippen MR) is 113 cm³/mol. The standard InChI is InChI=1S/C21H23N5OS/c1-16-5-4-6-18(13-16)25-9-11-26(12-10-25)20(27)14-17-15-28-21(23-17)24-19-7-2-3-8-22-19/h2-8,13,15H,9-12,14H2,1H3,(H,22,23,24). The third-order valence-electron chi connectivity index (χ3n) is 4.78. The van der Waals surface area contributed by atoms with E-state index in [4.69, 9.17) is 0 Å². The SMILES string of the molecule is Cc1cccc(N2CCN(C(=O)Cc3csc(Nc4ccccn4)n3)CC2)c1. The fourth-order valence-electron chi connectivity index (χ4n) is 3.30. The molecule has 1 aliphatic heterocycles. The number of amides is 1. The van der Waals surface area contributed by atoms with Crippen molar-refractivity contribution in [2.24, 2.45) is 0 Å². The largest absolute Gasteiger partial charge is 0.368 e. The Labute approximate surface area is 168 Å². The summed E-state index contributed by atoms with van der Waals surface area (Å²) in [6.07, 6.45) is 2.07. The second-order valence-electron chi connectivity index (χ2n) is 6.87. The highest BCUT2D eigenvalue weighted by Gasteiger charge is 2.22. The first-order valence-corrected chi connectivity index (χ1v) is 10.3. The van der Waals surface area contributed by atoms with Crippen LogP contribution >= 0.6 is 11.3 Å². The van der Waals surface area contributed by atoms with Crippen LogP contribution in [0, 0.1) is 6.92 Å². The van der Waals surface area contributed by atoms with Crippen LogP contribution in [0.25, 0.3) is 0 Å². The van der Waals surface area contributed by atoms with Crippen LogP contribution in [0.5, 0.6) is 0 Å². The minimum atomic E-state index is 0.138. The van der Waals surface area contributed by atoms with Gasteiger partial charge in [-0.25, -0.2) is 9.97 Å². The molecule has 1 fully saturated rings. The summed E-state index contributed by atoms with van der Waals surface area (Å²) in [5, 5.41) is 5.86. The van der Waals surface area contributed by atoms with E-state index in [1.165, 1.54) is 22.6 Å². The third kappa shape index (κ3) is 4.48. The minimum Gasteiger partial charge on any atom is -0.368 e. The van der Waals surface area contributed by atoms with E-state index >= 15 is 0 Å². The zero-order chi connectivity index (χ0) is 19.3. The number of benzene rings is 1. The van der Waals surface area contributed by atoms with Gasteiger partial charge in [0.2, 0.25) is 5.91 Å². The van der Waals surface area contributed by atoms with Crippen molar-refractivity contribution in [2.75, 3.05) is 36.4 Å². The van der Waals surface area contributed by atoms with Crippen LogP contribution in [-0.2, 0) is 11.2 Å². The average molecular weight is 394 g/mol. The highest BCUT2D eigenvalue weighted by Crippen LogP contribution is 2.21. The Morgan fingerprint density at radius 2 is 2.00 bits per heavy atom. The number of carbonyl (C=O) groups is 1. The molecule has 1 amide bonds. The summed E-state index contributed by atoms with van der Waals surface area (Å²) in [5.74, 6) is 0.889. The molecule has 1 N–H and O–H groups in total. The van der Waals surface area contributed by atoms with Crippen LogP contribution in [0.15, 0.2) is 54.0 Å². The summed E-state index contributed by atoms with van der Waals surface area (Å²) >= 11 is 1.49. The maximum atomic E-state index is 12.7. The van der Waals surface area contributed by atoms with Gasteiger partial charge in [0, 0.05) is 43.4 Å². The molecule has 1 aromatic carbocycles. The molecule has 1 saturated heterocycles. The van der Waals surface area contributed by atoms with Gasteiger partial charge in [-0.15, -0.1) is 11.3 Å². The van der Waals surface area contributed by atoms with Crippen LogP contribution in [0.2, 0.25) is 0 Å². The summed E-state index contributed by atoms with van der Waals surface area (Å²) in [4.78, 5) is 25.7. The number of carbonyl (C=O) groups excluding carboxylic acids is 1. The molecular formula is C21H23N5OS. The summed E-state index contributed by atoms with van der Waals surface area (Å²) in [5.41, 5.74) is 3.29. The Balaban J connectivity index is 1.30. The van der Waals surface area contributed by atoms with Gasteiger partial charge >= 0.3 is 0 Å². The van der Waals surface area contributed by atoms with E-state index in [0.717, 1.165) is 42.8 Å². The topological polar surface area (TPSA) is 61.4 Å². The molecule has 3 aromatic rings. The fraction of sp³-hybridized carbons (Fsp3) is 0.286. The normalized spacial score (nSPS) is 14.2. The number of hydrogen-bond acceptors (Lipinski definition) is 6. The van der Waals surface area contributed by atoms with Crippen molar-refractivity contribution in [3.8, 4) is 0 Å². The summed E-state index contributed by atoms with van der Waals surface area (Å²) in [7, 11) is 0. The number of aryl methyl sites for hydroxylation is 1. The van der Waals surface area contributed by atoms with Gasteiger partial charge in [-0.1, -0.05) is 18.2 Å². The Morgan fingerprint density at radius 3 is 2.75 bits per heavy atom. The monoisotopic (exact) mass is 393 g/mol. The highest BCUT2D eigenvalue weighted by atomic mass is 32.1. The Kier molecular flexibility index (Phi) is 5.53. The van der Waals surface area contributed by atoms with Gasteiger partial charge in [-0.3, -0.25) is 4.79 Å². The number of hydrogen-bond donors (Lipinski definition) is 1. The lowest BCUT2D eigenvalue weighted by atomic mass is 10.2. The maximum Gasteiger partial charge on any atom is 0.228 e. The molecule has 0 atom stereocenters. The summed E-state index contributed by atoms with van der Waals surface area (Å²) in [6.45, 7) is 5.32. The Hall–Kier alpha value is -2.93. The van der Waals surface area contributed by atoms with Crippen molar-refractivity contribution < 1.29 is 4.79 Å². The molecule has 0 radical (unpaired) electrons. The fourth-order valence-corrected chi connectivity index (χ4v) is 4.01. The van der Waals surface area contributed by atoms with Gasteiger partial charge in [0.05, 0.1) is 12.1 Å². The van der Waals surface area contributed by atoms with Crippen molar-refractivity contribution in [3.05, 3.63) is 65.3 Å². The Bertz CT molecular complexity index is 935. The number of aromatic nitrogens is 2. The van der Waals surface area contributed by atoms with E-state index in [9.17, 15) is 4.79 Å². The number of thiazole rings is 1. The van der Waals surface area contributed by atoms with Crippen LogP contribution < -0.4 is 10.2 Å². The van der Waals surface area contributed by atoms with Crippen LogP contribution in [0.1, 0.15) is 11.3 Å². The van der Waals surface area contributed by atoms with E-state index in [-0.39, 0.29) is 5.91 Å². The molecule has 6 nitrogen and oxygen atoms in total. The van der Waals surface area contributed by atoms with Gasteiger partial charge in [-0.05, 0) is 36.8 Å². The van der Waals surface area contributed by atoms with E-state index < -0.39 is 0 Å². The molecule has 2 aromatic heterocycles. The highest BCUT2D eigenvalue weighted by molar-refractivity contribution is 7.13. The second kappa shape index (κ2) is 8.39. The molecule has 144 valence electrons. The third-order valence-corrected chi connectivity index (χ3v) is 5.59. The minimum absolute atomic E-state index is 0.138. The van der Waals surface area contributed by atoms with Crippen molar-refractivity contribution in [1.82, 2.24) is 14.9 Å². The summed E-state index contributed by atoms with van der Waals surface area (Å²) < 4.78 is 0. The van der Waals surface area contributed by atoms with E-state index in [0.29, 0.717) is 6.42 Å². The number of rotatable bonds is 5. The van der Waals surface area contributed by atoms with Crippen LogP contribution in [0.3, 0.4) is 0 Å². The second-order valence-corrected chi connectivity index (χ2v) is 7.73. The number of anilines is 3. The first-order valence-electron chi connectivity index (χ1n) is 9.39. The molecule has 0 unspecified atom stereocenters. The van der Waals surface area contributed by atoms with E-state index in [2.05, 4.69) is 51.4 Å². The van der Waals surface area contributed by atoms with Crippen molar-refractivity contribution in [3.63, 3.8) is 0 Å². The first kappa shape index (κ1) is 18.4. The maximum absolute atomic E-state index is 12.7. The molecular weight excluding hydrogens is 370 g/mol. The molecule has 0 saturated carbocycles. The van der Waals surface area contributed by atoms with Crippen LogP contribution in [-0.4, -0.2) is 47.0 Å². The van der Waals surface area contributed by atoms with Crippen molar-refractivity contribution in [2.45, 2.75) is 13.3 Å². The predicted octanol–water partition coefficient (Wildman–Crippen LogP) is 3.48. The lowest BCUT2D eigenvalue weighted by Crippen LogP contribution is -2.49. The van der Waals surface area contributed by atoms with Gasteiger partial charge in [0.1, 0.15) is 5.82 Å². The summed E-state index contributed by atoms with van der Waals surface area (Å²) in [6, 6.07) is 14.2. The van der Waals surface area contributed by atoms with Gasteiger partial charge in [-0.2, -0.15) is 0 Å². The zero-order valence-electron chi connectivity index (χ0n) is 15.8. The smallest absolute Gasteiger partial charge is 0.228 e. The molecule has 0 aliphatic carbocycles. The molecule has 0 spiro atoms. The van der Waals surface area contributed by atoms with Gasteiger partial charge in [0.25, 0.3) is 0 Å². The molecule has 0 bridgehead atoms. The average Bonchev–Trinajstić information content (AvgIpc) is 3.15. The van der Waals surface area contributed by atoms with Crippen molar-refractivity contribution >= 4 is 33.9 Å². The van der Waals surface area contributed by atoms with Crippen molar-refractivity contribution in [1.29, 1.82) is 0 Å². The lowest BCUT2D eigenvalue weighted by Gasteiger charge is -2.36. The quantitative estimate of drug-likeness (QED) is 0.719. The Morgan fingerprint density at radius 1 is 1.14 bits per heavy atom. The number of pyridine rings is 1. The number of piperazine rings is 1. The first-order chi connectivity index (χ1) is 13.7. The molecule has 3 heterocycles. The van der Waals surface area contributed by atoms with Gasteiger partial charge in [0.15, 0.2) is 5.13 Å². The van der Waals surface area contributed by atoms with Gasteiger partial charge < -0.3 is 15.1 Å². The number of nitrogens with zero attached hydrogens (tertiary/aromatic N) is 4. The number of nitrogens with one attached hydrogen (secondary N) is 1. The van der Waals surface area contributed by atoms with E-state index in [1.807, 2.05) is 28.5 Å². The molecule has 1 aliphatic rings.